The maximum atomic E-state index is 14.4. The summed E-state index contributed by atoms with van der Waals surface area (Å²) in [6.07, 6.45) is 5.53. The molecule has 5 aromatic rings. The van der Waals surface area contributed by atoms with Crippen LogP contribution in [0.2, 0.25) is 0 Å². The maximum absolute atomic E-state index is 14.4. The van der Waals surface area contributed by atoms with Gasteiger partial charge in [0.05, 0.1) is 30.3 Å². The van der Waals surface area contributed by atoms with Crippen LogP contribution in [0.25, 0.3) is 33.5 Å². The Labute approximate surface area is 276 Å². The van der Waals surface area contributed by atoms with Crippen LogP contribution >= 0.6 is 0 Å². The second-order valence-electron chi connectivity index (χ2n) is 12.0. The third-order valence-electron chi connectivity index (χ3n) is 8.76. The number of carbonyl (C=O) groups is 3. The summed E-state index contributed by atoms with van der Waals surface area (Å²) in [6.45, 7) is 2.24. The summed E-state index contributed by atoms with van der Waals surface area (Å²) in [5.41, 5.74) is 4.72. The van der Waals surface area contributed by atoms with Gasteiger partial charge in [-0.25, -0.2) is 9.78 Å². The summed E-state index contributed by atoms with van der Waals surface area (Å²) >= 11 is 0. The molecule has 2 unspecified atom stereocenters. The van der Waals surface area contributed by atoms with Gasteiger partial charge in [-0.15, -0.1) is 10.2 Å². The lowest BCUT2D eigenvalue weighted by Crippen LogP contribution is -2.44. The summed E-state index contributed by atoms with van der Waals surface area (Å²) in [5, 5.41) is 33.7. The first-order valence-electron chi connectivity index (χ1n) is 16.1. The van der Waals surface area contributed by atoms with Crippen molar-refractivity contribution in [3.8, 4) is 28.3 Å². The van der Waals surface area contributed by atoms with Gasteiger partial charge in [0.15, 0.2) is 0 Å². The second kappa shape index (κ2) is 14.4. The highest BCUT2D eigenvalue weighted by molar-refractivity contribution is 5.90. The van der Waals surface area contributed by atoms with E-state index in [4.69, 9.17) is 9.84 Å². The smallest absolute Gasteiger partial charge is 0.326 e. The molecule has 1 aliphatic rings. The predicted octanol–water partition coefficient (Wildman–Crippen LogP) is 5.16. The number of fused-ring (bicyclic) bond motifs is 1. The molecule has 0 radical (unpaired) electrons. The van der Waals surface area contributed by atoms with Crippen molar-refractivity contribution in [1.82, 2.24) is 35.1 Å². The minimum Gasteiger partial charge on any atom is -0.488 e. The van der Waals surface area contributed by atoms with Crippen LogP contribution in [0.15, 0.2) is 73.1 Å². The van der Waals surface area contributed by atoms with Gasteiger partial charge >= 0.3 is 11.9 Å². The molecule has 13 nitrogen and oxygen atoms in total. The number of carbonyl (C=O) groups excluding carboxylic acids is 1. The van der Waals surface area contributed by atoms with Gasteiger partial charge in [0.25, 0.3) is 0 Å². The molecule has 3 atom stereocenters. The molecule has 0 saturated carbocycles. The number of tetrazole rings is 1. The number of benzene rings is 3. The van der Waals surface area contributed by atoms with Crippen molar-refractivity contribution in [2.24, 2.45) is 0 Å². The summed E-state index contributed by atoms with van der Waals surface area (Å²) in [5.74, 6) is -1.34. The van der Waals surface area contributed by atoms with Crippen molar-refractivity contribution >= 4 is 28.9 Å². The molecule has 0 bridgehead atoms. The lowest BCUT2D eigenvalue weighted by Gasteiger charge is -2.28. The fraction of sp³-hybridized carbons (Fsp3) is 0.343. The number of ether oxygens (including phenoxy) is 1. The number of aliphatic carboxylic acids is 2. The van der Waals surface area contributed by atoms with Crippen LogP contribution in [0.4, 0.5) is 0 Å². The molecular weight excluding hydrogens is 614 g/mol. The zero-order valence-corrected chi connectivity index (χ0v) is 26.5. The van der Waals surface area contributed by atoms with Gasteiger partial charge in [-0.05, 0) is 52.6 Å². The molecule has 48 heavy (non-hydrogen) atoms. The third-order valence-corrected chi connectivity index (χ3v) is 8.76. The number of amides is 1. The summed E-state index contributed by atoms with van der Waals surface area (Å²) in [4.78, 5) is 43.9. The zero-order valence-electron chi connectivity index (χ0n) is 26.5. The van der Waals surface area contributed by atoms with Crippen LogP contribution in [0.3, 0.4) is 0 Å². The lowest BCUT2D eigenvalue weighted by atomic mass is 9.98. The number of H-pyrrole nitrogens is 1. The topological polar surface area (TPSA) is 176 Å². The predicted molar refractivity (Wildman–Crippen MR) is 176 cm³/mol. The van der Waals surface area contributed by atoms with Crippen LogP contribution in [0.1, 0.15) is 57.1 Å². The second-order valence-corrected chi connectivity index (χ2v) is 12.0. The number of likely N-dealkylation sites (tertiary alicyclic amines) is 1. The van der Waals surface area contributed by atoms with E-state index in [0.717, 1.165) is 47.9 Å². The highest BCUT2D eigenvalue weighted by Crippen LogP contribution is 2.34. The van der Waals surface area contributed by atoms with Gasteiger partial charge in [-0.3, -0.25) is 9.59 Å². The van der Waals surface area contributed by atoms with Crippen molar-refractivity contribution in [1.29, 1.82) is 0 Å². The summed E-state index contributed by atoms with van der Waals surface area (Å²) < 4.78 is 7.97. The minimum absolute atomic E-state index is 0.107. The summed E-state index contributed by atoms with van der Waals surface area (Å²) in [7, 11) is 0. The van der Waals surface area contributed by atoms with E-state index < -0.39 is 30.1 Å². The van der Waals surface area contributed by atoms with Crippen molar-refractivity contribution < 1.29 is 29.3 Å². The quantitative estimate of drug-likeness (QED) is 0.136. The molecule has 2 aromatic heterocycles. The standard InChI is InChI=1S/C35H37N7O6/c1-2-3-4-5-10-30(34(45)41-20-25(19-31(41)35(46)47)48-24-14-11-22(12-15-24)17-32(43)44)42-21-36-28-18-23(13-16-29(28)42)26-8-6-7-9-27(26)33-37-39-40-38-33/h6-9,11-16,18,21,25,30-31H,2-5,10,17,19-20H2,1H3,(H,43,44)(H,46,47)(H,37,38,39,40)/t25?,30?,31-/m0/s1. The van der Waals surface area contributed by atoms with Crippen LogP contribution in [-0.2, 0) is 20.8 Å². The third kappa shape index (κ3) is 7.04. The number of imidazole rings is 1. The van der Waals surface area contributed by atoms with Gasteiger partial charge in [0.2, 0.25) is 11.7 Å². The molecular formula is C35H37N7O6. The average molecular weight is 652 g/mol. The number of nitrogens with zero attached hydrogens (tertiary/aromatic N) is 6. The SMILES string of the molecule is CCCCCCC(C(=O)N1CC(Oc2ccc(CC(=O)O)cc2)C[C@H]1C(=O)O)n1cnc2cc(-c3ccccc3-c3nn[nH]n3)ccc21. The normalized spacial score (nSPS) is 16.6. The monoisotopic (exact) mass is 651 g/mol. The number of carboxylic acid groups (broad SMARTS) is 2. The van der Waals surface area contributed by atoms with Crippen LogP contribution < -0.4 is 4.74 Å². The molecule has 3 heterocycles. The van der Waals surface area contributed by atoms with Crippen molar-refractivity contribution in [3.05, 3.63) is 78.6 Å². The van der Waals surface area contributed by atoms with Gasteiger partial charge in [0.1, 0.15) is 23.9 Å². The molecule has 0 spiro atoms. The van der Waals surface area contributed by atoms with E-state index in [2.05, 4.69) is 32.5 Å². The fourth-order valence-corrected chi connectivity index (χ4v) is 6.40. The number of carboxylic acids is 2. The van der Waals surface area contributed by atoms with Crippen molar-refractivity contribution in [2.75, 3.05) is 6.54 Å². The molecule has 1 fully saturated rings. The number of hydrogen-bond acceptors (Lipinski definition) is 8. The van der Waals surface area contributed by atoms with Gasteiger partial charge in [-0.2, -0.15) is 5.21 Å². The van der Waals surface area contributed by atoms with Crippen LogP contribution in [-0.4, -0.2) is 81.8 Å². The van der Waals surface area contributed by atoms with E-state index in [1.54, 1.807) is 30.6 Å². The highest BCUT2D eigenvalue weighted by atomic mass is 16.5. The number of aromatic amines is 1. The molecule has 1 amide bonds. The van der Waals surface area contributed by atoms with E-state index >= 15 is 0 Å². The number of rotatable bonds is 14. The van der Waals surface area contributed by atoms with Gasteiger partial charge in [-0.1, -0.05) is 75.1 Å². The molecule has 248 valence electrons. The van der Waals surface area contributed by atoms with E-state index in [9.17, 15) is 19.5 Å². The Morgan fingerprint density at radius 1 is 1.00 bits per heavy atom. The number of nitrogens with one attached hydrogen (secondary N) is 1. The first-order valence-corrected chi connectivity index (χ1v) is 16.1. The summed E-state index contributed by atoms with van der Waals surface area (Å²) in [6, 6.07) is 18.6. The molecule has 1 saturated heterocycles. The Balaban J connectivity index is 1.27. The fourth-order valence-electron chi connectivity index (χ4n) is 6.40. The first kappa shape index (κ1) is 32.4. The Morgan fingerprint density at radius 3 is 2.50 bits per heavy atom. The minimum atomic E-state index is -1.09. The van der Waals surface area contributed by atoms with E-state index in [-0.39, 0.29) is 25.3 Å². The first-order chi connectivity index (χ1) is 23.3. The zero-order chi connectivity index (χ0) is 33.6. The number of hydrogen-bond donors (Lipinski definition) is 3. The lowest BCUT2D eigenvalue weighted by molar-refractivity contribution is -0.149. The van der Waals surface area contributed by atoms with Crippen molar-refractivity contribution in [2.45, 2.75) is 70.1 Å². The van der Waals surface area contributed by atoms with E-state index in [1.165, 1.54) is 4.90 Å². The molecule has 3 N–H and O–H groups in total. The maximum Gasteiger partial charge on any atom is 0.326 e. The van der Waals surface area contributed by atoms with E-state index in [1.807, 2.05) is 47.0 Å². The number of unbranched alkanes of at least 4 members (excludes halogenated alkanes) is 3. The Morgan fingerprint density at radius 2 is 1.79 bits per heavy atom. The van der Waals surface area contributed by atoms with Gasteiger partial charge in [0, 0.05) is 12.0 Å². The molecule has 1 aliphatic heterocycles. The molecule has 0 aliphatic carbocycles. The molecule has 3 aromatic carbocycles. The van der Waals surface area contributed by atoms with Crippen molar-refractivity contribution in [3.63, 3.8) is 0 Å². The average Bonchev–Trinajstić information content (AvgIpc) is 3.86. The van der Waals surface area contributed by atoms with Crippen LogP contribution in [0, 0.1) is 0 Å². The van der Waals surface area contributed by atoms with Crippen LogP contribution in [0.5, 0.6) is 5.75 Å². The van der Waals surface area contributed by atoms with Gasteiger partial charge < -0.3 is 24.4 Å². The Kier molecular flexibility index (Phi) is 9.74. The number of aromatic nitrogens is 6. The Bertz CT molecular complexity index is 1890. The highest BCUT2D eigenvalue weighted by Gasteiger charge is 2.43. The Hall–Kier alpha value is -5.59. The largest absolute Gasteiger partial charge is 0.488 e. The molecule has 13 heteroatoms. The van der Waals surface area contributed by atoms with E-state index in [0.29, 0.717) is 29.1 Å². The molecule has 6 rings (SSSR count).